The molecule has 1 amide bonds. The molecule has 0 aliphatic carbocycles. The Morgan fingerprint density at radius 1 is 1.67 bits per heavy atom. The highest BCUT2D eigenvalue weighted by atomic mass is 35.5. The quantitative estimate of drug-likeness (QED) is 0.836. The standard InChI is InChI=1S/C10H12ClFN2O/c1-6(13)4-10(15)14-9-5-7(12)2-3-8(9)11/h2-3,5-6H,4,13H2,1H3,(H,14,15). The second-order valence-corrected chi connectivity index (χ2v) is 3.76. The van der Waals surface area contributed by atoms with Crippen LogP contribution in [-0.2, 0) is 4.79 Å². The van der Waals surface area contributed by atoms with Crippen molar-refractivity contribution in [3.63, 3.8) is 0 Å². The summed E-state index contributed by atoms with van der Waals surface area (Å²) in [7, 11) is 0. The first-order chi connectivity index (χ1) is 6.99. The van der Waals surface area contributed by atoms with Gasteiger partial charge in [-0.1, -0.05) is 11.6 Å². The topological polar surface area (TPSA) is 55.1 Å². The zero-order valence-electron chi connectivity index (χ0n) is 8.26. The van der Waals surface area contributed by atoms with E-state index in [0.717, 1.165) is 0 Å². The molecule has 0 saturated heterocycles. The predicted molar refractivity (Wildman–Crippen MR) is 58.3 cm³/mol. The minimum Gasteiger partial charge on any atom is -0.327 e. The minimum absolute atomic E-state index is 0.173. The van der Waals surface area contributed by atoms with Crippen molar-refractivity contribution >= 4 is 23.2 Å². The van der Waals surface area contributed by atoms with Crippen molar-refractivity contribution in [1.82, 2.24) is 0 Å². The van der Waals surface area contributed by atoms with Gasteiger partial charge in [-0.2, -0.15) is 0 Å². The second-order valence-electron chi connectivity index (χ2n) is 3.35. The van der Waals surface area contributed by atoms with Gasteiger partial charge in [0.1, 0.15) is 5.82 Å². The summed E-state index contributed by atoms with van der Waals surface area (Å²) in [6.07, 6.45) is 0.173. The summed E-state index contributed by atoms with van der Waals surface area (Å²) in [5, 5.41) is 2.79. The van der Waals surface area contributed by atoms with E-state index in [1.54, 1.807) is 6.92 Å². The van der Waals surface area contributed by atoms with Crippen molar-refractivity contribution in [3.8, 4) is 0 Å². The van der Waals surface area contributed by atoms with E-state index < -0.39 is 5.82 Å². The zero-order chi connectivity index (χ0) is 11.4. The van der Waals surface area contributed by atoms with Crippen LogP contribution in [-0.4, -0.2) is 11.9 Å². The fourth-order valence-electron chi connectivity index (χ4n) is 1.09. The van der Waals surface area contributed by atoms with E-state index in [1.807, 2.05) is 0 Å². The maximum atomic E-state index is 12.8. The number of anilines is 1. The third-order valence-corrected chi connectivity index (χ3v) is 2.04. The number of rotatable bonds is 3. The van der Waals surface area contributed by atoms with Crippen LogP contribution in [0.15, 0.2) is 18.2 Å². The summed E-state index contributed by atoms with van der Waals surface area (Å²) in [4.78, 5) is 11.3. The van der Waals surface area contributed by atoms with Crippen LogP contribution in [0.1, 0.15) is 13.3 Å². The summed E-state index contributed by atoms with van der Waals surface area (Å²) in [5.41, 5.74) is 5.71. The lowest BCUT2D eigenvalue weighted by Gasteiger charge is -2.08. The zero-order valence-corrected chi connectivity index (χ0v) is 9.01. The van der Waals surface area contributed by atoms with E-state index in [-0.39, 0.29) is 24.1 Å². The van der Waals surface area contributed by atoms with E-state index >= 15 is 0 Å². The van der Waals surface area contributed by atoms with Crippen LogP contribution in [0.25, 0.3) is 0 Å². The lowest BCUT2D eigenvalue weighted by molar-refractivity contribution is -0.116. The van der Waals surface area contributed by atoms with Gasteiger partial charge in [0.05, 0.1) is 10.7 Å². The summed E-state index contributed by atoms with van der Waals surface area (Å²) in [6.45, 7) is 1.72. The number of carbonyl (C=O) groups is 1. The number of halogens is 2. The highest BCUT2D eigenvalue weighted by molar-refractivity contribution is 6.33. The average Bonchev–Trinajstić information content (AvgIpc) is 2.10. The normalized spacial score (nSPS) is 12.3. The van der Waals surface area contributed by atoms with Crippen molar-refractivity contribution < 1.29 is 9.18 Å². The lowest BCUT2D eigenvalue weighted by atomic mass is 10.2. The van der Waals surface area contributed by atoms with Gasteiger partial charge in [0.2, 0.25) is 5.91 Å². The Hall–Kier alpha value is -1.13. The van der Waals surface area contributed by atoms with Crippen LogP contribution < -0.4 is 11.1 Å². The van der Waals surface area contributed by atoms with Gasteiger partial charge in [0.25, 0.3) is 0 Å². The van der Waals surface area contributed by atoms with Crippen molar-refractivity contribution in [2.24, 2.45) is 5.73 Å². The van der Waals surface area contributed by atoms with Gasteiger partial charge in [-0.3, -0.25) is 4.79 Å². The maximum Gasteiger partial charge on any atom is 0.225 e. The second kappa shape index (κ2) is 5.09. The van der Waals surface area contributed by atoms with Gasteiger partial charge in [-0.25, -0.2) is 4.39 Å². The Balaban J connectivity index is 2.71. The van der Waals surface area contributed by atoms with Crippen molar-refractivity contribution in [2.45, 2.75) is 19.4 Å². The molecule has 3 nitrogen and oxygen atoms in total. The van der Waals surface area contributed by atoms with Crippen LogP contribution in [0.2, 0.25) is 5.02 Å². The first-order valence-electron chi connectivity index (χ1n) is 4.49. The first-order valence-corrected chi connectivity index (χ1v) is 4.87. The predicted octanol–water partition coefficient (Wildman–Crippen LogP) is 2.15. The van der Waals surface area contributed by atoms with Crippen molar-refractivity contribution in [2.75, 3.05) is 5.32 Å². The Kier molecular flexibility index (Phi) is 4.05. The monoisotopic (exact) mass is 230 g/mol. The fraction of sp³-hybridized carbons (Fsp3) is 0.300. The third-order valence-electron chi connectivity index (χ3n) is 1.71. The highest BCUT2D eigenvalue weighted by Crippen LogP contribution is 2.22. The number of benzene rings is 1. The number of nitrogens with two attached hydrogens (primary N) is 1. The Morgan fingerprint density at radius 3 is 2.93 bits per heavy atom. The molecule has 0 aliphatic rings. The molecule has 5 heteroatoms. The number of amides is 1. The van der Waals surface area contributed by atoms with Crippen molar-refractivity contribution in [3.05, 3.63) is 29.0 Å². The van der Waals surface area contributed by atoms with Crippen LogP contribution in [0.5, 0.6) is 0 Å². The summed E-state index contributed by atoms with van der Waals surface area (Å²) >= 11 is 5.76. The molecular formula is C10H12ClFN2O. The molecule has 1 aromatic rings. The number of hydrogen-bond donors (Lipinski definition) is 2. The van der Waals surface area contributed by atoms with Crippen LogP contribution >= 0.6 is 11.6 Å². The van der Waals surface area contributed by atoms with E-state index in [2.05, 4.69) is 5.32 Å². The molecule has 0 aromatic heterocycles. The lowest BCUT2D eigenvalue weighted by Crippen LogP contribution is -2.24. The molecule has 1 aromatic carbocycles. The Bertz CT molecular complexity index is 368. The molecule has 0 heterocycles. The van der Waals surface area contributed by atoms with E-state index in [4.69, 9.17) is 17.3 Å². The summed E-state index contributed by atoms with van der Waals surface area (Å²) in [5.74, 6) is -0.729. The smallest absolute Gasteiger partial charge is 0.225 e. The maximum absolute atomic E-state index is 12.8. The van der Waals surface area contributed by atoms with Gasteiger partial charge in [0.15, 0.2) is 0 Å². The molecule has 3 N–H and O–H groups in total. The summed E-state index contributed by atoms with van der Waals surface area (Å²) in [6, 6.07) is 3.54. The first kappa shape index (κ1) is 11.9. The minimum atomic E-state index is -0.449. The van der Waals surface area contributed by atoms with E-state index in [0.29, 0.717) is 5.02 Å². The molecule has 15 heavy (non-hydrogen) atoms. The van der Waals surface area contributed by atoms with Gasteiger partial charge in [-0.15, -0.1) is 0 Å². The molecule has 1 atom stereocenters. The van der Waals surface area contributed by atoms with Crippen LogP contribution in [0.3, 0.4) is 0 Å². The fourth-order valence-corrected chi connectivity index (χ4v) is 1.25. The summed E-state index contributed by atoms with van der Waals surface area (Å²) < 4.78 is 12.8. The number of carbonyl (C=O) groups excluding carboxylic acids is 1. The molecule has 0 bridgehead atoms. The molecule has 82 valence electrons. The van der Waals surface area contributed by atoms with Gasteiger partial charge < -0.3 is 11.1 Å². The Labute approximate surface area is 92.4 Å². The third kappa shape index (κ3) is 3.85. The number of nitrogens with one attached hydrogen (secondary N) is 1. The molecule has 0 aliphatic heterocycles. The van der Waals surface area contributed by atoms with E-state index in [1.165, 1.54) is 18.2 Å². The molecule has 1 unspecified atom stereocenters. The van der Waals surface area contributed by atoms with Gasteiger partial charge in [-0.05, 0) is 25.1 Å². The average molecular weight is 231 g/mol. The molecule has 0 radical (unpaired) electrons. The van der Waals surface area contributed by atoms with Crippen molar-refractivity contribution in [1.29, 1.82) is 0 Å². The van der Waals surface area contributed by atoms with E-state index in [9.17, 15) is 9.18 Å². The Morgan fingerprint density at radius 2 is 2.33 bits per heavy atom. The van der Waals surface area contributed by atoms with Gasteiger partial charge >= 0.3 is 0 Å². The molecule has 1 rings (SSSR count). The molecular weight excluding hydrogens is 219 g/mol. The number of hydrogen-bond acceptors (Lipinski definition) is 2. The van der Waals surface area contributed by atoms with Gasteiger partial charge in [0, 0.05) is 12.5 Å². The largest absolute Gasteiger partial charge is 0.327 e. The highest BCUT2D eigenvalue weighted by Gasteiger charge is 2.08. The molecule has 0 fully saturated rings. The molecule has 0 saturated carbocycles. The van der Waals surface area contributed by atoms with Crippen LogP contribution in [0.4, 0.5) is 10.1 Å². The SMILES string of the molecule is CC(N)CC(=O)Nc1cc(F)ccc1Cl. The van der Waals surface area contributed by atoms with Crippen LogP contribution in [0, 0.1) is 5.82 Å². The molecule has 0 spiro atoms.